The molecule has 5 rings (SSSR count). The molecule has 10 N–H and O–H groups in total. The number of carbonyl (C=O) groups is 4. The standard InChI is InChI=1S/C28H33FN4O8/c29-15-8-16(33-17(34)10-32-9-11-4-2-1-3-5-11)22(35)19-13(15)6-12-7-14-21(30)24(37)20(27(31)40)26(39)28(14,41)25(38)18(12)23(19)36/h8,11-12,14,21,32,35,37-38,41H,1-7,9-10,30H2,(H2,31,40)(H,33,34)/t12-,14-,21-,28-/m0/s1. The average molecular weight is 573 g/mol. The van der Waals surface area contributed by atoms with Gasteiger partial charge in [0.2, 0.25) is 11.7 Å². The number of hydrogen-bond donors (Lipinski definition) is 8. The van der Waals surface area contributed by atoms with E-state index in [2.05, 4.69) is 10.6 Å². The second-order valence-corrected chi connectivity index (χ2v) is 11.4. The van der Waals surface area contributed by atoms with E-state index in [4.69, 9.17) is 11.5 Å². The maximum atomic E-state index is 15.3. The first kappa shape index (κ1) is 28.7. The number of phenolic OH excluding ortho intramolecular Hbond substituents is 1. The van der Waals surface area contributed by atoms with E-state index in [1.807, 2.05) is 0 Å². The van der Waals surface area contributed by atoms with Crippen molar-refractivity contribution in [3.8, 4) is 5.75 Å². The molecule has 1 saturated carbocycles. The van der Waals surface area contributed by atoms with Crippen LogP contribution in [-0.4, -0.2) is 68.5 Å². The number of allylic oxidation sites excluding steroid dienone is 1. The van der Waals surface area contributed by atoms with Gasteiger partial charge in [-0.25, -0.2) is 4.39 Å². The van der Waals surface area contributed by atoms with Crippen LogP contribution in [-0.2, 0) is 20.8 Å². The third-order valence-electron chi connectivity index (χ3n) is 8.92. The van der Waals surface area contributed by atoms with Gasteiger partial charge in [0.1, 0.15) is 22.9 Å². The Kier molecular flexibility index (Phi) is 7.38. The monoisotopic (exact) mass is 572 g/mol. The van der Waals surface area contributed by atoms with E-state index in [1.54, 1.807) is 0 Å². The first-order valence-corrected chi connectivity index (χ1v) is 13.7. The van der Waals surface area contributed by atoms with Crippen molar-refractivity contribution >= 4 is 29.1 Å². The van der Waals surface area contributed by atoms with Crippen LogP contribution in [0.15, 0.2) is 28.7 Å². The van der Waals surface area contributed by atoms with Crippen LogP contribution < -0.4 is 22.1 Å². The highest BCUT2D eigenvalue weighted by Gasteiger charge is 2.62. The number of phenols is 1. The number of amides is 2. The number of benzene rings is 1. The molecule has 2 amide bonds. The van der Waals surface area contributed by atoms with E-state index in [1.165, 1.54) is 6.42 Å². The van der Waals surface area contributed by atoms with Crippen molar-refractivity contribution in [2.45, 2.75) is 56.6 Å². The van der Waals surface area contributed by atoms with Gasteiger partial charge in [-0.1, -0.05) is 19.3 Å². The molecule has 12 nitrogen and oxygen atoms in total. The molecule has 0 bridgehead atoms. The van der Waals surface area contributed by atoms with Gasteiger partial charge >= 0.3 is 0 Å². The highest BCUT2D eigenvalue weighted by atomic mass is 19.1. The predicted molar refractivity (Wildman–Crippen MR) is 142 cm³/mol. The summed E-state index contributed by atoms with van der Waals surface area (Å²) in [4.78, 5) is 51.1. The first-order chi connectivity index (χ1) is 19.4. The zero-order valence-electron chi connectivity index (χ0n) is 22.2. The predicted octanol–water partition coefficient (Wildman–Crippen LogP) is 0.765. The molecule has 4 atom stereocenters. The molecule has 0 unspecified atom stereocenters. The SMILES string of the molecule is NC(=O)C1=C(O)[C@@H](N)[C@@H]2C[C@@H]3Cc4c(F)cc(NC(=O)CNCC5CCCCC5)c(O)c4C(=O)C3=C(O)[C@]2(O)C1=O. The number of hydrogen-bond acceptors (Lipinski definition) is 10. The Hall–Kier alpha value is -3.81. The summed E-state index contributed by atoms with van der Waals surface area (Å²) in [5, 5.41) is 49.3. The Morgan fingerprint density at radius 2 is 1.80 bits per heavy atom. The molecular formula is C28H33FN4O8. The minimum absolute atomic E-state index is 0.101. The van der Waals surface area contributed by atoms with Crippen LogP contribution >= 0.6 is 0 Å². The smallest absolute Gasteiger partial charge is 0.255 e. The van der Waals surface area contributed by atoms with Crippen molar-refractivity contribution in [2.24, 2.45) is 29.2 Å². The number of aromatic hydroxyl groups is 1. The Morgan fingerprint density at radius 1 is 1.12 bits per heavy atom. The van der Waals surface area contributed by atoms with Crippen LogP contribution in [0.1, 0.15) is 54.4 Å². The van der Waals surface area contributed by atoms with Crippen LogP contribution in [0.3, 0.4) is 0 Å². The number of nitrogens with two attached hydrogens (primary N) is 2. The number of aliphatic hydroxyl groups is 3. The summed E-state index contributed by atoms with van der Waals surface area (Å²) < 4.78 is 15.3. The zero-order chi connectivity index (χ0) is 29.8. The Morgan fingerprint density at radius 3 is 2.46 bits per heavy atom. The molecule has 1 fully saturated rings. The fourth-order valence-corrected chi connectivity index (χ4v) is 6.81. The van der Waals surface area contributed by atoms with Crippen molar-refractivity contribution < 1.29 is 44.0 Å². The normalized spacial score (nSPS) is 28.2. The fourth-order valence-electron chi connectivity index (χ4n) is 6.81. The molecule has 0 spiro atoms. The van der Waals surface area contributed by atoms with Gasteiger partial charge in [-0.05, 0) is 44.1 Å². The van der Waals surface area contributed by atoms with Crippen molar-refractivity contribution in [3.63, 3.8) is 0 Å². The number of Topliss-reactive ketones (excluding diaryl/α,β-unsaturated/α-hetero) is 2. The number of halogens is 1. The minimum Gasteiger partial charge on any atom is -0.510 e. The number of fused-ring (bicyclic) bond motifs is 3. The van der Waals surface area contributed by atoms with Crippen LogP contribution in [0, 0.1) is 23.6 Å². The lowest BCUT2D eigenvalue weighted by molar-refractivity contribution is -0.145. The van der Waals surface area contributed by atoms with Gasteiger partial charge in [0.25, 0.3) is 5.91 Å². The van der Waals surface area contributed by atoms with Gasteiger partial charge in [-0.15, -0.1) is 0 Å². The second kappa shape index (κ2) is 10.5. The summed E-state index contributed by atoms with van der Waals surface area (Å²) >= 11 is 0. The number of ketones is 2. The van der Waals surface area contributed by atoms with Gasteiger partial charge in [0, 0.05) is 23.1 Å². The number of rotatable bonds is 6. The molecule has 13 heteroatoms. The van der Waals surface area contributed by atoms with Gasteiger partial charge in [-0.2, -0.15) is 0 Å². The van der Waals surface area contributed by atoms with Crippen LogP contribution in [0.5, 0.6) is 5.75 Å². The zero-order valence-corrected chi connectivity index (χ0v) is 22.2. The number of aliphatic hydroxyl groups excluding tert-OH is 2. The van der Waals surface area contributed by atoms with E-state index < -0.39 is 86.7 Å². The van der Waals surface area contributed by atoms with Gasteiger partial charge in [0.05, 0.1) is 23.8 Å². The number of primary amides is 1. The maximum absolute atomic E-state index is 15.3. The van der Waals surface area contributed by atoms with Crippen molar-refractivity contribution in [1.82, 2.24) is 5.32 Å². The molecule has 41 heavy (non-hydrogen) atoms. The third-order valence-corrected chi connectivity index (χ3v) is 8.92. The molecule has 4 aliphatic carbocycles. The molecule has 0 radical (unpaired) electrons. The summed E-state index contributed by atoms with van der Waals surface area (Å²) in [5.41, 5.74) is 5.82. The maximum Gasteiger partial charge on any atom is 0.255 e. The molecule has 4 aliphatic rings. The van der Waals surface area contributed by atoms with E-state index in [9.17, 15) is 39.6 Å². The highest BCUT2D eigenvalue weighted by Crippen LogP contribution is 2.52. The molecule has 0 heterocycles. The van der Waals surface area contributed by atoms with E-state index in [-0.39, 0.29) is 30.6 Å². The second-order valence-electron chi connectivity index (χ2n) is 11.4. The lowest BCUT2D eigenvalue weighted by Gasteiger charge is -2.47. The summed E-state index contributed by atoms with van der Waals surface area (Å²) in [7, 11) is 0. The number of anilines is 1. The Balaban J connectivity index is 1.44. The number of nitrogens with one attached hydrogen (secondary N) is 2. The largest absolute Gasteiger partial charge is 0.510 e. The van der Waals surface area contributed by atoms with E-state index in [0.29, 0.717) is 12.5 Å². The lowest BCUT2D eigenvalue weighted by atomic mass is 9.59. The summed E-state index contributed by atoms with van der Waals surface area (Å²) in [6, 6.07) is -0.597. The Bertz CT molecular complexity index is 1420. The first-order valence-electron chi connectivity index (χ1n) is 13.7. The third kappa shape index (κ3) is 4.57. The van der Waals surface area contributed by atoms with Crippen LogP contribution in [0.25, 0.3) is 0 Å². The quantitative estimate of drug-likeness (QED) is 0.176. The molecule has 220 valence electrons. The Labute approximate surface area is 234 Å². The molecule has 0 saturated heterocycles. The van der Waals surface area contributed by atoms with E-state index in [0.717, 1.165) is 31.7 Å². The topological polar surface area (TPSA) is 225 Å². The molecule has 1 aromatic carbocycles. The number of carbonyl (C=O) groups excluding carboxylic acids is 4. The van der Waals surface area contributed by atoms with Crippen molar-refractivity contribution in [1.29, 1.82) is 0 Å². The van der Waals surface area contributed by atoms with Crippen LogP contribution in [0.2, 0.25) is 0 Å². The van der Waals surface area contributed by atoms with Gasteiger partial charge < -0.3 is 42.5 Å². The molecule has 1 aromatic rings. The summed E-state index contributed by atoms with van der Waals surface area (Å²) in [5.74, 6) is -9.87. The molecule has 0 aromatic heterocycles. The molecule has 0 aliphatic heterocycles. The average Bonchev–Trinajstić information content (AvgIpc) is 2.92. The van der Waals surface area contributed by atoms with Gasteiger partial charge in [-0.3, -0.25) is 19.2 Å². The van der Waals surface area contributed by atoms with Gasteiger partial charge in [0.15, 0.2) is 17.1 Å². The summed E-state index contributed by atoms with van der Waals surface area (Å²) in [6.45, 7) is 0.540. The molecular weight excluding hydrogens is 539 g/mol. The van der Waals surface area contributed by atoms with Crippen molar-refractivity contribution in [3.05, 3.63) is 45.7 Å². The van der Waals surface area contributed by atoms with Crippen LogP contribution in [0.4, 0.5) is 10.1 Å². The lowest BCUT2D eigenvalue weighted by Crippen LogP contribution is -2.63. The minimum atomic E-state index is -2.86. The highest BCUT2D eigenvalue weighted by molar-refractivity contribution is 6.25. The van der Waals surface area contributed by atoms with E-state index >= 15 is 4.39 Å². The van der Waals surface area contributed by atoms with Crippen molar-refractivity contribution in [2.75, 3.05) is 18.4 Å². The fraction of sp³-hybridized carbons (Fsp3) is 0.500. The summed E-state index contributed by atoms with van der Waals surface area (Å²) in [6.07, 6.45) is 5.18.